The van der Waals surface area contributed by atoms with Crippen molar-refractivity contribution in [3.05, 3.63) is 65.9 Å². The van der Waals surface area contributed by atoms with Gasteiger partial charge in [0.15, 0.2) is 0 Å². The van der Waals surface area contributed by atoms with Gasteiger partial charge in [-0.15, -0.1) is 0 Å². The first-order valence-corrected chi connectivity index (χ1v) is 12.4. The van der Waals surface area contributed by atoms with Gasteiger partial charge in [0.1, 0.15) is 23.9 Å². The number of carboxylic acids is 1. The molecule has 200 valence electrons. The Hall–Kier alpha value is -4.38. The first kappa shape index (κ1) is 26.7. The second-order valence-electron chi connectivity index (χ2n) is 9.35. The molecule has 2 heterocycles. The van der Waals surface area contributed by atoms with Crippen LogP contribution >= 0.6 is 0 Å². The summed E-state index contributed by atoms with van der Waals surface area (Å²) < 4.78 is 0. The predicted molar refractivity (Wildman–Crippen MR) is 139 cm³/mol. The van der Waals surface area contributed by atoms with Gasteiger partial charge in [0, 0.05) is 36.5 Å². The molecule has 11 heteroatoms. The molecule has 0 radical (unpaired) electrons. The van der Waals surface area contributed by atoms with Gasteiger partial charge in [-0.1, -0.05) is 30.3 Å². The van der Waals surface area contributed by atoms with E-state index in [9.17, 15) is 29.4 Å². The van der Waals surface area contributed by atoms with Crippen LogP contribution in [0.25, 0.3) is 10.9 Å². The smallest absolute Gasteiger partial charge is 0.326 e. The molecule has 11 nitrogen and oxygen atoms in total. The molecule has 38 heavy (non-hydrogen) atoms. The van der Waals surface area contributed by atoms with Crippen LogP contribution in [0.1, 0.15) is 24.0 Å². The second kappa shape index (κ2) is 11.8. The van der Waals surface area contributed by atoms with Gasteiger partial charge < -0.3 is 36.5 Å². The van der Waals surface area contributed by atoms with Gasteiger partial charge in [0.2, 0.25) is 17.7 Å². The van der Waals surface area contributed by atoms with Crippen molar-refractivity contribution in [2.24, 2.45) is 5.73 Å². The van der Waals surface area contributed by atoms with Crippen molar-refractivity contribution in [3.8, 4) is 5.75 Å². The molecular weight excluding hydrogens is 490 g/mol. The number of hydrogen-bond donors (Lipinski definition) is 6. The average Bonchev–Trinajstić information content (AvgIpc) is 3.56. The molecule has 0 bridgehead atoms. The normalized spacial score (nSPS) is 16.7. The van der Waals surface area contributed by atoms with Gasteiger partial charge in [-0.25, -0.2) is 4.79 Å². The van der Waals surface area contributed by atoms with Gasteiger partial charge in [0.05, 0.1) is 6.54 Å². The minimum absolute atomic E-state index is 0.0590. The van der Waals surface area contributed by atoms with Gasteiger partial charge in [0.25, 0.3) is 0 Å². The first-order chi connectivity index (χ1) is 18.3. The van der Waals surface area contributed by atoms with Crippen LogP contribution in [0, 0.1) is 0 Å². The summed E-state index contributed by atoms with van der Waals surface area (Å²) in [4.78, 5) is 55.5. The van der Waals surface area contributed by atoms with Crippen molar-refractivity contribution in [1.82, 2.24) is 20.5 Å². The minimum Gasteiger partial charge on any atom is -0.508 e. The summed E-state index contributed by atoms with van der Waals surface area (Å²) in [5.74, 6) is -2.68. The number of para-hydroxylation sites is 1. The highest BCUT2D eigenvalue weighted by molar-refractivity contribution is 5.94. The molecule has 2 aromatic carbocycles. The van der Waals surface area contributed by atoms with Crippen molar-refractivity contribution in [1.29, 1.82) is 0 Å². The number of aromatic hydroxyl groups is 1. The zero-order valence-electron chi connectivity index (χ0n) is 20.7. The van der Waals surface area contributed by atoms with Crippen LogP contribution in [0.15, 0.2) is 54.7 Å². The van der Waals surface area contributed by atoms with E-state index in [0.29, 0.717) is 18.4 Å². The fraction of sp³-hybridized carbons (Fsp3) is 0.333. The van der Waals surface area contributed by atoms with Crippen LogP contribution in [-0.4, -0.2) is 75.0 Å². The number of hydrogen-bond acceptors (Lipinski definition) is 6. The number of aliphatic carboxylic acids is 1. The average molecular weight is 522 g/mol. The molecule has 4 rings (SSSR count). The van der Waals surface area contributed by atoms with Gasteiger partial charge >= 0.3 is 5.97 Å². The number of phenols is 1. The first-order valence-electron chi connectivity index (χ1n) is 12.4. The van der Waals surface area contributed by atoms with Gasteiger partial charge in [-0.3, -0.25) is 14.4 Å². The van der Waals surface area contributed by atoms with Crippen molar-refractivity contribution < 1.29 is 29.4 Å². The molecule has 3 atom stereocenters. The lowest BCUT2D eigenvalue weighted by atomic mass is 10.0. The molecular formula is C27H31N5O6. The molecule has 3 aromatic rings. The number of phenolic OH excluding ortho intramolecular Hbond substituents is 1. The molecule has 1 aromatic heterocycles. The third-order valence-electron chi connectivity index (χ3n) is 6.75. The highest BCUT2D eigenvalue weighted by Crippen LogP contribution is 2.23. The highest BCUT2D eigenvalue weighted by atomic mass is 16.4. The highest BCUT2D eigenvalue weighted by Gasteiger charge is 2.38. The van der Waals surface area contributed by atoms with E-state index in [1.54, 1.807) is 18.3 Å². The molecule has 0 aliphatic carbocycles. The summed E-state index contributed by atoms with van der Waals surface area (Å²) >= 11 is 0. The number of aromatic nitrogens is 1. The molecule has 1 fully saturated rings. The number of H-pyrrole nitrogens is 1. The van der Waals surface area contributed by atoms with E-state index in [2.05, 4.69) is 15.6 Å². The number of nitrogens with zero attached hydrogens (tertiary/aromatic N) is 1. The number of fused-ring (bicyclic) bond motifs is 1. The topological polar surface area (TPSA) is 178 Å². The zero-order valence-corrected chi connectivity index (χ0v) is 20.7. The standard InChI is InChI=1S/C27H31N5O6/c28-14-24(34)30-21(12-16-7-9-18(33)10-8-16)25(35)31-22(26(36)32-11-3-6-23(32)27(37)38)13-17-15-29-20-5-2-1-4-19(17)20/h1-2,4-5,7-10,15,21-23,29,33H,3,6,11-14,28H2,(H,30,34)(H,31,35)(H,37,38). The molecule has 1 aliphatic heterocycles. The summed E-state index contributed by atoms with van der Waals surface area (Å²) in [6.07, 6.45) is 2.86. The Balaban J connectivity index is 1.61. The van der Waals surface area contributed by atoms with Crippen LogP contribution in [0.5, 0.6) is 5.75 Å². The van der Waals surface area contributed by atoms with Crippen LogP contribution < -0.4 is 16.4 Å². The number of nitrogens with two attached hydrogens (primary N) is 1. The largest absolute Gasteiger partial charge is 0.508 e. The number of amides is 3. The van der Waals surface area contributed by atoms with Gasteiger partial charge in [-0.05, 0) is 42.2 Å². The maximum atomic E-state index is 13.7. The summed E-state index contributed by atoms with van der Waals surface area (Å²) in [7, 11) is 0. The second-order valence-corrected chi connectivity index (χ2v) is 9.35. The molecule has 0 spiro atoms. The van der Waals surface area contributed by atoms with E-state index in [1.807, 2.05) is 24.3 Å². The van der Waals surface area contributed by atoms with Crippen molar-refractivity contribution in [3.63, 3.8) is 0 Å². The number of nitrogens with one attached hydrogen (secondary N) is 3. The molecule has 1 saturated heterocycles. The maximum absolute atomic E-state index is 13.7. The number of carbonyl (C=O) groups excluding carboxylic acids is 3. The van der Waals surface area contributed by atoms with Crippen LogP contribution in [0.4, 0.5) is 0 Å². The third-order valence-corrected chi connectivity index (χ3v) is 6.75. The lowest BCUT2D eigenvalue weighted by Gasteiger charge is -2.29. The number of rotatable bonds is 10. The van der Waals surface area contributed by atoms with Gasteiger partial charge in [-0.2, -0.15) is 0 Å². The Kier molecular flexibility index (Phi) is 8.27. The summed E-state index contributed by atoms with van der Waals surface area (Å²) in [5.41, 5.74) is 7.78. The Bertz CT molecular complexity index is 1320. The quantitative estimate of drug-likeness (QED) is 0.227. The van der Waals surface area contributed by atoms with E-state index < -0.39 is 41.8 Å². The van der Waals surface area contributed by atoms with Crippen molar-refractivity contribution in [2.75, 3.05) is 13.1 Å². The lowest BCUT2D eigenvalue weighted by Crippen LogP contribution is -2.57. The monoisotopic (exact) mass is 521 g/mol. The summed E-state index contributed by atoms with van der Waals surface area (Å²) in [6, 6.07) is 10.6. The Labute approximate surface area is 219 Å². The lowest BCUT2D eigenvalue weighted by molar-refractivity contribution is -0.149. The SMILES string of the molecule is NCC(=O)NC(Cc1ccc(O)cc1)C(=O)NC(Cc1c[nH]c2ccccc12)C(=O)N1CCCC1C(=O)O. The predicted octanol–water partition coefficient (Wildman–Crippen LogP) is 0.663. The summed E-state index contributed by atoms with van der Waals surface area (Å²) in [5, 5.41) is 25.5. The number of carbonyl (C=O) groups is 4. The number of carboxylic acid groups (broad SMARTS) is 1. The van der Waals surface area contributed by atoms with Crippen molar-refractivity contribution >= 4 is 34.6 Å². The van der Waals surface area contributed by atoms with Crippen molar-refractivity contribution in [2.45, 2.75) is 43.8 Å². The molecule has 3 unspecified atom stereocenters. The Morgan fingerprint density at radius 3 is 2.47 bits per heavy atom. The van der Waals surface area contributed by atoms with E-state index in [-0.39, 0.29) is 31.7 Å². The van der Waals surface area contributed by atoms with E-state index in [1.165, 1.54) is 17.0 Å². The van der Waals surface area contributed by atoms with Crippen LogP contribution in [0.2, 0.25) is 0 Å². The van der Waals surface area contributed by atoms with Crippen LogP contribution in [-0.2, 0) is 32.0 Å². The third kappa shape index (κ3) is 6.12. The molecule has 7 N–H and O–H groups in total. The minimum atomic E-state index is -1.09. The molecule has 0 saturated carbocycles. The number of likely N-dealkylation sites (tertiary alicyclic amines) is 1. The van der Waals surface area contributed by atoms with Crippen LogP contribution in [0.3, 0.4) is 0 Å². The number of benzene rings is 2. The summed E-state index contributed by atoms with van der Waals surface area (Å²) in [6.45, 7) is -0.0535. The van der Waals surface area contributed by atoms with E-state index in [0.717, 1.165) is 16.5 Å². The Morgan fingerprint density at radius 2 is 1.76 bits per heavy atom. The number of aromatic amines is 1. The fourth-order valence-corrected chi connectivity index (χ4v) is 4.81. The van der Waals surface area contributed by atoms with E-state index >= 15 is 0 Å². The zero-order chi connectivity index (χ0) is 27.2. The molecule has 3 amide bonds. The Morgan fingerprint density at radius 1 is 1.03 bits per heavy atom. The fourth-order valence-electron chi connectivity index (χ4n) is 4.81. The van der Waals surface area contributed by atoms with E-state index in [4.69, 9.17) is 5.73 Å². The maximum Gasteiger partial charge on any atom is 0.326 e. The molecule has 1 aliphatic rings.